The molecule has 0 rings (SSSR count). The highest BCUT2D eigenvalue weighted by molar-refractivity contribution is 7.46. The number of rotatable bonds is 22. The fraction of sp³-hybridized carbons (Fsp3) is 0.913. The number of esters is 2. The minimum Gasteiger partial charge on any atom is -0.462 e. The first-order valence-electron chi connectivity index (χ1n) is 12.3. The van der Waals surface area contributed by atoms with Gasteiger partial charge in [0, 0.05) is 12.8 Å². The zero-order chi connectivity index (χ0) is 24.1. The van der Waals surface area contributed by atoms with Crippen LogP contribution in [0.25, 0.3) is 0 Å². The Kier molecular flexibility index (Phi) is 20.0. The van der Waals surface area contributed by atoms with E-state index < -0.39 is 32.5 Å². The molecule has 2 N–H and O–H groups in total. The quantitative estimate of drug-likeness (QED) is 0.113. The Hall–Kier alpha value is -0.950. The molecular weight excluding hydrogens is 435 g/mol. The zero-order valence-corrected chi connectivity index (χ0v) is 21.0. The van der Waals surface area contributed by atoms with Crippen molar-refractivity contribution in [1.29, 1.82) is 0 Å². The predicted molar refractivity (Wildman–Crippen MR) is 124 cm³/mol. The average molecular weight is 481 g/mol. The Bertz CT molecular complexity index is 520. The number of unbranched alkanes of at least 4 members (excludes halogenated alkanes) is 12. The van der Waals surface area contributed by atoms with Crippen molar-refractivity contribution in [3.05, 3.63) is 0 Å². The van der Waals surface area contributed by atoms with E-state index >= 15 is 0 Å². The third-order valence-electron chi connectivity index (χ3n) is 5.10. The Labute approximate surface area is 194 Å². The second-order valence-electron chi connectivity index (χ2n) is 8.32. The molecule has 0 fully saturated rings. The van der Waals surface area contributed by atoms with E-state index in [0.29, 0.717) is 12.8 Å². The first-order chi connectivity index (χ1) is 15.3. The van der Waals surface area contributed by atoms with E-state index in [1.807, 2.05) is 6.92 Å². The second kappa shape index (κ2) is 20.6. The van der Waals surface area contributed by atoms with Crippen molar-refractivity contribution in [3.63, 3.8) is 0 Å². The smallest absolute Gasteiger partial charge is 0.462 e. The number of ether oxygens (including phenoxy) is 2. The van der Waals surface area contributed by atoms with Crippen molar-refractivity contribution in [1.82, 2.24) is 0 Å². The van der Waals surface area contributed by atoms with Gasteiger partial charge in [-0.15, -0.1) is 0 Å². The number of hydrogen-bond donors (Lipinski definition) is 2. The van der Waals surface area contributed by atoms with Crippen LogP contribution in [0.3, 0.4) is 0 Å². The maximum atomic E-state index is 12.0. The summed E-state index contributed by atoms with van der Waals surface area (Å²) >= 11 is 0. The summed E-state index contributed by atoms with van der Waals surface area (Å²) in [5.74, 6) is -0.944. The molecule has 9 heteroatoms. The molecular formula is C23H45O8P. The average Bonchev–Trinajstić information content (AvgIpc) is 2.73. The molecule has 0 spiro atoms. The fourth-order valence-corrected chi connectivity index (χ4v) is 3.65. The summed E-state index contributed by atoms with van der Waals surface area (Å²) in [6.07, 6.45) is 15.7. The lowest BCUT2D eigenvalue weighted by molar-refractivity contribution is -0.161. The maximum absolute atomic E-state index is 12.0. The molecule has 0 saturated carbocycles. The van der Waals surface area contributed by atoms with Crippen molar-refractivity contribution in [2.45, 2.75) is 123 Å². The van der Waals surface area contributed by atoms with E-state index in [1.54, 1.807) is 0 Å². The van der Waals surface area contributed by atoms with Gasteiger partial charge >= 0.3 is 19.8 Å². The summed E-state index contributed by atoms with van der Waals surface area (Å²) in [4.78, 5) is 41.2. The van der Waals surface area contributed by atoms with E-state index in [4.69, 9.17) is 19.3 Å². The van der Waals surface area contributed by atoms with Gasteiger partial charge in [-0.05, 0) is 12.8 Å². The fourth-order valence-electron chi connectivity index (χ4n) is 3.29. The molecule has 0 aliphatic rings. The van der Waals surface area contributed by atoms with Crippen LogP contribution in [-0.2, 0) is 28.2 Å². The van der Waals surface area contributed by atoms with Gasteiger partial charge in [0.05, 0.1) is 6.61 Å². The zero-order valence-electron chi connectivity index (χ0n) is 20.1. The predicted octanol–water partition coefficient (Wildman–Crippen LogP) is 5.83. The monoisotopic (exact) mass is 480 g/mol. The highest BCUT2D eigenvalue weighted by Gasteiger charge is 2.22. The minimum atomic E-state index is -4.71. The molecule has 1 atom stereocenters. The third kappa shape index (κ3) is 22.3. The lowest BCUT2D eigenvalue weighted by Crippen LogP contribution is -2.29. The molecule has 0 saturated heterocycles. The number of carbonyl (C=O) groups is 2. The van der Waals surface area contributed by atoms with Crippen molar-refractivity contribution in [2.75, 3.05) is 13.2 Å². The lowest BCUT2D eigenvalue weighted by Gasteiger charge is -2.18. The largest absolute Gasteiger partial charge is 0.469 e. The molecule has 8 nitrogen and oxygen atoms in total. The van der Waals surface area contributed by atoms with Crippen molar-refractivity contribution in [2.24, 2.45) is 0 Å². The molecule has 0 aromatic carbocycles. The van der Waals surface area contributed by atoms with Crippen LogP contribution in [0.5, 0.6) is 0 Å². The topological polar surface area (TPSA) is 119 Å². The molecule has 0 aliphatic carbocycles. The van der Waals surface area contributed by atoms with Crippen LogP contribution < -0.4 is 0 Å². The molecule has 0 aromatic rings. The van der Waals surface area contributed by atoms with Gasteiger partial charge in [0.25, 0.3) is 0 Å². The van der Waals surface area contributed by atoms with Crippen LogP contribution >= 0.6 is 7.82 Å². The summed E-state index contributed by atoms with van der Waals surface area (Å²) in [5, 5.41) is 0. The molecule has 0 unspecified atom stereocenters. The van der Waals surface area contributed by atoms with Crippen molar-refractivity contribution in [3.8, 4) is 0 Å². The first kappa shape index (κ1) is 31.0. The Balaban J connectivity index is 3.87. The molecule has 0 heterocycles. The van der Waals surface area contributed by atoms with Crippen LogP contribution in [0.4, 0.5) is 0 Å². The van der Waals surface area contributed by atoms with E-state index in [1.165, 1.54) is 57.8 Å². The normalized spacial score (nSPS) is 12.5. The highest BCUT2D eigenvalue weighted by Crippen LogP contribution is 2.35. The van der Waals surface area contributed by atoms with Gasteiger partial charge in [-0.1, -0.05) is 90.9 Å². The Morgan fingerprint density at radius 3 is 1.66 bits per heavy atom. The van der Waals surface area contributed by atoms with Gasteiger partial charge in [0.1, 0.15) is 6.61 Å². The van der Waals surface area contributed by atoms with Gasteiger partial charge in [0.2, 0.25) is 0 Å². The number of phosphoric acid groups is 1. The van der Waals surface area contributed by atoms with Gasteiger partial charge < -0.3 is 19.3 Å². The third-order valence-corrected chi connectivity index (χ3v) is 5.58. The van der Waals surface area contributed by atoms with Crippen LogP contribution in [0.15, 0.2) is 0 Å². The Morgan fingerprint density at radius 1 is 0.688 bits per heavy atom. The second-order valence-corrected chi connectivity index (χ2v) is 9.56. The molecule has 190 valence electrons. The van der Waals surface area contributed by atoms with Crippen LogP contribution in [0.1, 0.15) is 117 Å². The molecule has 0 radical (unpaired) electrons. The molecule has 0 amide bonds. The maximum Gasteiger partial charge on any atom is 0.469 e. The van der Waals surface area contributed by atoms with Crippen molar-refractivity contribution < 1.29 is 37.9 Å². The first-order valence-corrected chi connectivity index (χ1v) is 13.9. The summed E-state index contributed by atoms with van der Waals surface area (Å²) in [7, 11) is -4.71. The molecule has 0 aliphatic heterocycles. The van der Waals surface area contributed by atoms with Gasteiger partial charge in [-0.2, -0.15) is 0 Å². The van der Waals surface area contributed by atoms with E-state index in [9.17, 15) is 14.2 Å². The van der Waals surface area contributed by atoms with Crippen LogP contribution in [0.2, 0.25) is 0 Å². The number of carbonyl (C=O) groups excluding carboxylic acids is 2. The number of phosphoric ester groups is 1. The van der Waals surface area contributed by atoms with Crippen LogP contribution in [0, 0.1) is 0 Å². The summed E-state index contributed by atoms with van der Waals surface area (Å²) in [5.41, 5.74) is 0. The molecule has 32 heavy (non-hydrogen) atoms. The number of hydrogen-bond acceptors (Lipinski definition) is 6. The minimum absolute atomic E-state index is 0.215. The van der Waals surface area contributed by atoms with Gasteiger partial charge in [-0.25, -0.2) is 4.57 Å². The van der Waals surface area contributed by atoms with E-state index in [2.05, 4.69) is 11.4 Å². The van der Waals surface area contributed by atoms with Gasteiger partial charge in [-0.3, -0.25) is 14.1 Å². The SMILES string of the molecule is CCCCCCCCCCCCCCCC(=O)O[C@H](COC(=O)CCC)COP(=O)(O)O. The van der Waals surface area contributed by atoms with E-state index in [-0.39, 0.29) is 19.4 Å². The van der Waals surface area contributed by atoms with Gasteiger partial charge in [0.15, 0.2) is 6.10 Å². The van der Waals surface area contributed by atoms with Crippen LogP contribution in [-0.4, -0.2) is 41.0 Å². The highest BCUT2D eigenvalue weighted by atomic mass is 31.2. The van der Waals surface area contributed by atoms with E-state index in [0.717, 1.165) is 19.3 Å². The molecule has 0 bridgehead atoms. The summed E-state index contributed by atoms with van der Waals surface area (Å²) < 4.78 is 25.5. The summed E-state index contributed by atoms with van der Waals surface area (Å²) in [6, 6.07) is 0. The Morgan fingerprint density at radius 2 is 1.19 bits per heavy atom. The van der Waals surface area contributed by atoms with Crippen molar-refractivity contribution >= 4 is 19.8 Å². The standard InChI is InChI=1S/C23H45O8P/c1-3-5-6-7-8-9-10-11-12-13-14-15-16-18-23(25)31-21(20-30-32(26,27)28)19-29-22(24)17-4-2/h21H,3-20H2,1-2H3,(H2,26,27,28)/t21-/m1/s1. The lowest BCUT2D eigenvalue weighted by atomic mass is 10.0. The molecule has 0 aromatic heterocycles. The summed E-state index contributed by atoms with van der Waals surface area (Å²) in [6.45, 7) is 3.24.